The van der Waals surface area contributed by atoms with Crippen LogP contribution in [0.25, 0.3) is 0 Å². The molecule has 10 nitrogen and oxygen atoms in total. The second kappa shape index (κ2) is 7.24. The Balaban J connectivity index is 1.51. The van der Waals surface area contributed by atoms with Crippen molar-refractivity contribution in [2.75, 3.05) is 39.6 Å². The van der Waals surface area contributed by atoms with E-state index in [0.717, 1.165) is 50.9 Å². The molecule has 4 saturated heterocycles. The van der Waals surface area contributed by atoms with Crippen molar-refractivity contribution in [3.05, 3.63) is 70.0 Å². The van der Waals surface area contributed by atoms with E-state index >= 15 is 0 Å². The molecule has 0 saturated carbocycles. The molecule has 154 valence electrons. The number of rotatable bonds is 5. The maximum atomic E-state index is 12.6. The summed E-state index contributed by atoms with van der Waals surface area (Å²) in [6, 6.07) is 9.66. The predicted octanol–water partition coefficient (Wildman–Crippen LogP) is 0.930. The second-order valence-corrected chi connectivity index (χ2v) is 8.13. The minimum Gasteiger partial charge on any atom is -0.276 e. The lowest BCUT2D eigenvalue weighted by Gasteiger charge is -2.60. The standard InChI is InChI=1S/C20H21N7O3/c28-19(16-5-7-21-8-6-16)23-22-18(15-1-3-17(4-2-15)27(29)30)20-9-24-12-25(10-20)14-26(11-20)13-24/h1-8H,9-14H2,(H,23,28). The van der Waals surface area contributed by atoms with Crippen molar-refractivity contribution >= 4 is 17.3 Å². The molecule has 0 aliphatic carbocycles. The Labute approximate surface area is 172 Å². The van der Waals surface area contributed by atoms with Crippen LogP contribution in [0.5, 0.6) is 0 Å². The van der Waals surface area contributed by atoms with Crippen molar-refractivity contribution in [1.29, 1.82) is 0 Å². The highest BCUT2D eigenvalue weighted by atomic mass is 16.6. The molecule has 5 heterocycles. The van der Waals surface area contributed by atoms with Gasteiger partial charge in [-0.1, -0.05) is 0 Å². The summed E-state index contributed by atoms with van der Waals surface area (Å²) in [6.07, 6.45) is 3.12. The highest BCUT2D eigenvalue weighted by Gasteiger charge is 2.52. The highest BCUT2D eigenvalue weighted by molar-refractivity contribution is 6.06. The number of nitro benzene ring substituents is 1. The van der Waals surface area contributed by atoms with Crippen LogP contribution < -0.4 is 5.43 Å². The van der Waals surface area contributed by atoms with Crippen LogP contribution in [0.2, 0.25) is 0 Å². The smallest absolute Gasteiger partial charge is 0.271 e. The highest BCUT2D eigenvalue weighted by Crippen LogP contribution is 2.38. The maximum Gasteiger partial charge on any atom is 0.271 e. The van der Waals surface area contributed by atoms with Gasteiger partial charge < -0.3 is 0 Å². The molecule has 1 N–H and O–H groups in total. The van der Waals surface area contributed by atoms with E-state index in [-0.39, 0.29) is 17.0 Å². The molecule has 30 heavy (non-hydrogen) atoms. The average Bonchev–Trinajstić information content (AvgIpc) is 2.73. The van der Waals surface area contributed by atoms with E-state index in [0.29, 0.717) is 5.56 Å². The zero-order valence-electron chi connectivity index (χ0n) is 16.3. The number of carbonyl (C=O) groups is 1. The first-order valence-corrected chi connectivity index (χ1v) is 9.73. The molecule has 4 aliphatic rings. The summed E-state index contributed by atoms with van der Waals surface area (Å²) in [5.41, 5.74) is 4.44. The fourth-order valence-corrected chi connectivity index (χ4v) is 4.85. The van der Waals surface area contributed by atoms with E-state index in [2.05, 4.69) is 30.2 Å². The number of nitrogens with one attached hydrogen (secondary N) is 1. The molecular formula is C20H21N7O3. The van der Waals surface area contributed by atoms with Crippen molar-refractivity contribution in [3.8, 4) is 0 Å². The molecule has 2 aromatic rings. The van der Waals surface area contributed by atoms with Crippen LogP contribution in [0.3, 0.4) is 0 Å². The Kier molecular flexibility index (Phi) is 4.54. The zero-order chi connectivity index (χ0) is 20.7. The van der Waals surface area contributed by atoms with Crippen molar-refractivity contribution in [2.24, 2.45) is 10.5 Å². The summed E-state index contributed by atoms with van der Waals surface area (Å²) in [7, 11) is 0. The van der Waals surface area contributed by atoms with Crippen LogP contribution in [0, 0.1) is 15.5 Å². The first-order chi connectivity index (χ1) is 14.5. The molecule has 1 amide bonds. The maximum absolute atomic E-state index is 12.6. The molecule has 0 spiro atoms. The van der Waals surface area contributed by atoms with Gasteiger partial charge in [0.25, 0.3) is 11.6 Å². The fraction of sp³-hybridized carbons (Fsp3) is 0.350. The van der Waals surface area contributed by atoms with Crippen LogP contribution in [0.1, 0.15) is 15.9 Å². The summed E-state index contributed by atoms with van der Waals surface area (Å²) in [5.74, 6) is -0.317. The van der Waals surface area contributed by atoms with Crippen LogP contribution in [-0.2, 0) is 0 Å². The van der Waals surface area contributed by atoms with E-state index in [1.807, 2.05) is 0 Å². The Hall–Kier alpha value is -3.21. The Morgan fingerprint density at radius 1 is 0.967 bits per heavy atom. The minimum absolute atomic E-state index is 0.0284. The van der Waals surface area contributed by atoms with Gasteiger partial charge >= 0.3 is 0 Å². The molecule has 0 unspecified atom stereocenters. The van der Waals surface area contributed by atoms with E-state index in [1.165, 1.54) is 12.1 Å². The van der Waals surface area contributed by atoms with Crippen molar-refractivity contribution in [3.63, 3.8) is 0 Å². The van der Waals surface area contributed by atoms with E-state index in [9.17, 15) is 14.9 Å². The SMILES string of the molecule is O=C(NN=C(c1ccc([N+](=O)[O-])cc1)C12CN3CN(CN(C3)C1)C2)c1ccncc1. The summed E-state index contributed by atoms with van der Waals surface area (Å²) in [6.45, 7) is 5.28. The third kappa shape index (κ3) is 3.34. The van der Waals surface area contributed by atoms with Crippen molar-refractivity contribution in [1.82, 2.24) is 25.1 Å². The average molecular weight is 407 g/mol. The largest absolute Gasteiger partial charge is 0.276 e. The number of nitrogens with zero attached hydrogens (tertiary/aromatic N) is 6. The van der Waals surface area contributed by atoms with Gasteiger partial charge in [0.05, 0.1) is 36.1 Å². The minimum atomic E-state index is -0.417. The number of benzene rings is 1. The molecule has 10 heteroatoms. The lowest BCUT2D eigenvalue weighted by molar-refractivity contribution is -0.384. The lowest BCUT2D eigenvalue weighted by atomic mass is 9.74. The number of carbonyl (C=O) groups excluding carboxylic acids is 1. The van der Waals surface area contributed by atoms with Crippen LogP contribution in [0.4, 0.5) is 5.69 Å². The van der Waals surface area contributed by atoms with Gasteiger partial charge in [-0.05, 0) is 29.8 Å². The molecule has 0 atom stereocenters. The number of amides is 1. The summed E-state index contributed by atoms with van der Waals surface area (Å²) >= 11 is 0. The van der Waals surface area contributed by atoms with Gasteiger partial charge in [0.15, 0.2) is 0 Å². The molecular weight excluding hydrogens is 386 g/mol. The van der Waals surface area contributed by atoms with Crippen LogP contribution >= 0.6 is 0 Å². The van der Waals surface area contributed by atoms with E-state index in [1.54, 1.807) is 36.7 Å². The van der Waals surface area contributed by atoms with Crippen molar-refractivity contribution < 1.29 is 9.72 Å². The predicted molar refractivity (Wildman–Crippen MR) is 108 cm³/mol. The van der Waals surface area contributed by atoms with Gasteiger partial charge in [-0.3, -0.25) is 34.6 Å². The van der Waals surface area contributed by atoms with Crippen molar-refractivity contribution in [2.45, 2.75) is 0 Å². The number of non-ortho nitro benzene ring substituents is 1. The zero-order valence-corrected chi connectivity index (χ0v) is 16.3. The number of pyridine rings is 1. The summed E-state index contributed by atoms with van der Waals surface area (Å²) < 4.78 is 0. The topological polar surface area (TPSA) is 107 Å². The number of aromatic nitrogens is 1. The molecule has 1 aromatic heterocycles. The van der Waals surface area contributed by atoms with Gasteiger partial charge in [-0.2, -0.15) is 5.10 Å². The number of hydrogen-bond acceptors (Lipinski definition) is 8. The van der Waals surface area contributed by atoms with E-state index < -0.39 is 4.92 Å². The molecule has 1 aromatic carbocycles. The fourth-order valence-electron chi connectivity index (χ4n) is 4.85. The Bertz CT molecular complexity index is 972. The molecule has 4 aliphatic heterocycles. The van der Waals surface area contributed by atoms with Crippen LogP contribution in [0.15, 0.2) is 53.9 Å². The van der Waals surface area contributed by atoms with Gasteiger partial charge in [-0.15, -0.1) is 0 Å². The first kappa shape index (κ1) is 18.8. The van der Waals surface area contributed by atoms with E-state index in [4.69, 9.17) is 0 Å². The molecule has 4 fully saturated rings. The molecule has 0 radical (unpaired) electrons. The number of hydrazone groups is 1. The third-order valence-corrected chi connectivity index (χ3v) is 5.84. The van der Waals surface area contributed by atoms with Gasteiger partial charge in [0.2, 0.25) is 0 Å². The normalized spacial score (nSPS) is 29.6. The quantitative estimate of drug-likeness (QED) is 0.446. The monoisotopic (exact) mass is 407 g/mol. The first-order valence-electron chi connectivity index (χ1n) is 9.73. The summed E-state index contributed by atoms with van der Waals surface area (Å²) in [5, 5.41) is 15.7. The summed E-state index contributed by atoms with van der Waals surface area (Å²) in [4.78, 5) is 34.3. The Morgan fingerprint density at radius 2 is 1.53 bits per heavy atom. The van der Waals surface area contributed by atoms with Gasteiger partial charge in [0, 0.05) is 49.7 Å². The Morgan fingerprint density at radius 3 is 2.07 bits per heavy atom. The number of hydrogen-bond donors (Lipinski definition) is 1. The second-order valence-electron chi connectivity index (χ2n) is 8.13. The molecule has 6 rings (SSSR count). The van der Waals surface area contributed by atoms with Crippen LogP contribution in [-0.4, -0.2) is 75.9 Å². The lowest BCUT2D eigenvalue weighted by Crippen LogP contribution is -2.74. The molecule has 4 bridgehead atoms. The number of nitro groups is 1. The van der Waals surface area contributed by atoms with Gasteiger partial charge in [-0.25, -0.2) is 5.43 Å². The van der Waals surface area contributed by atoms with Gasteiger partial charge in [0.1, 0.15) is 0 Å². The third-order valence-electron chi connectivity index (χ3n) is 5.84.